The number of anilines is 3. The first-order valence-corrected chi connectivity index (χ1v) is 14.0. The van der Waals surface area contributed by atoms with Gasteiger partial charge in [0.15, 0.2) is 0 Å². The van der Waals surface area contributed by atoms with E-state index in [4.69, 9.17) is 21.1 Å². The average molecular weight is 571 g/mol. The molecule has 2 N–H and O–H groups in total. The van der Waals surface area contributed by atoms with E-state index in [-0.39, 0.29) is 11.1 Å². The number of hydrogen-bond donors (Lipinski definition) is 2. The summed E-state index contributed by atoms with van der Waals surface area (Å²) in [6.45, 7) is 11.4. The van der Waals surface area contributed by atoms with E-state index in [1.807, 2.05) is 25.1 Å². The van der Waals surface area contributed by atoms with E-state index in [1.54, 1.807) is 35.9 Å². The molecule has 0 unspecified atom stereocenters. The number of aromatic nitrogens is 5. The molecule has 0 bridgehead atoms. The lowest BCUT2D eigenvalue weighted by molar-refractivity contribution is 0.353. The number of halogens is 1. The summed E-state index contributed by atoms with van der Waals surface area (Å²) in [6, 6.07) is 15.4. The van der Waals surface area contributed by atoms with Crippen LogP contribution in [0.25, 0.3) is 33.5 Å². The Balaban J connectivity index is 1.28. The normalized spacial score (nSPS) is 14.9. The van der Waals surface area contributed by atoms with Crippen LogP contribution < -0.4 is 21.1 Å². The van der Waals surface area contributed by atoms with Crippen LogP contribution in [0.1, 0.15) is 26.7 Å². The van der Waals surface area contributed by atoms with Crippen molar-refractivity contribution < 1.29 is 4.52 Å². The number of nitrogens with one attached hydrogen (secondary N) is 2. The van der Waals surface area contributed by atoms with E-state index in [2.05, 4.69) is 56.6 Å². The van der Waals surface area contributed by atoms with Gasteiger partial charge in [-0.05, 0) is 57.2 Å². The molecular formula is C30H31ClN8O2. The summed E-state index contributed by atoms with van der Waals surface area (Å²) < 4.78 is 6.71. The minimum absolute atomic E-state index is 0.0757. The highest BCUT2D eigenvalue weighted by Crippen LogP contribution is 2.31. The highest BCUT2D eigenvalue weighted by atomic mass is 35.5. The third kappa shape index (κ3) is 5.40. The maximum absolute atomic E-state index is 13.6. The van der Waals surface area contributed by atoms with Gasteiger partial charge in [-0.25, -0.2) is 4.98 Å². The number of rotatable bonds is 6. The van der Waals surface area contributed by atoms with Crippen molar-refractivity contribution in [3.63, 3.8) is 0 Å². The molecule has 10 nitrogen and oxygen atoms in total. The molecule has 41 heavy (non-hydrogen) atoms. The highest BCUT2D eigenvalue weighted by molar-refractivity contribution is 6.33. The predicted octanol–water partition coefficient (Wildman–Crippen LogP) is 5.42. The molecule has 210 valence electrons. The van der Waals surface area contributed by atoms with Crippen molar-refractivity contribution in [1.82, 2.24) is 30.0 Å². The van der Waals surface area contributed by atoms with Gasteiger partial charge in [0.1, 0.15) is 5.65 Å². The molecular weight excluding hydrogens is 540 g/mol. The second-order valence-corrected chi connectivity index (χ2v) is 11.2. The minimum Gasteiger partial charge on any atom is -0.368 e. The molecule has 11 heteroatoms. The Morgan fingerprint density at radius 2 is 1.90 bits per heavy atom. The third-order valence-electron chi connectivity index (χ3n) is 7.25. The Hall–Kier alpha value is -4.28. The maximum atomic E-state index is 13.6. The van der Waals surface area contributed by atoms with Crippen molar-refractivity contribution in [3.8, 4) is 22.5 Å². The number of piperazine rings is 1. The van der Waals surface area contributed by atoms with Gasteiger partial charge in [-0.15, -0.1) is 0 Å². The molecule has 0 amide bonds. The molecule has 1 saturated heterocycles. The van der Waals surface area contributed by atoms with Crippen molar-refractivity contribution in [2.24, 2.45) is 0 Å². The van der Waals surface area contributed by atoms with Crippen molar-refractivity contribution in [2.45, 2.75) is 39.8 Å². The van der Waals surface area contributed by atoms with Gasteiger partial charge in [-0.2, -0.15) is 9.97 Å². The summed E-state index contributed by atoms with van der Waals surface area (Å²) in [7, 11) is 0. The third-order valence-corrected chi connectivity index (χ3v) is 7.56. The fraction of sp³-hybridized carbons (Fsp3) is 0.300. The summed E-state index contributed by atoms with van der Waals surface area (Å²) in [6.07, 6.45) is 1.72. The van der Waals surface area contributed by atoms with Gasteiger partial charge in [-0.3, -0.25) is 9.36 Å². The van der Waals surface area contributed by atoms with Gasteiger partial charge in [0, 0.05) is 83.3 Å². The second-order valence-electron chi connectivity index (χ2n) is 10.8. The van der Waals surface area contributed by atoms with E-state index < -0.39 is 0 Å². The topological polar surface area (TPSA) is 114 Å². The molecule has 6 rings (SSSR count). The van der Waals surface area contributed by atoms with Crippen LogP contribution in [-0.4, -0.2) is 49.8 Å². The zero-order chi connectivity index (χ0) is 28.7. The lowest BCUT2D eigenvalue weighted by Gasteiger charge is -2.40. The zero-order valence-corrected chi connectivity index (χ0v) is 24.2. The summed E-state index contributed by atoms with van der Waals surface area (Å²) >= 11 is 6.65. The Kier molecular flexibility index (Phi) is 6.96. The number of benzene rings is 2. The Morgan fingerprint density at radius 3 is 2.59 bits per heavy atom. The predicted molar refractivity (Wildman–Crippen MR) is 162 cm³/mol. The molecule has 0 aliphatic carbocycles. The van der Waals surface area contributed by atoms with E-state index in [9.17, 15) is 4.79 Å². The summed E-state index contributed by atoms with van der Waals surface area (Å²) in [5, 5.41) is 11.9. The van der Waals surface area contributed by atoms with Crippen LogP contribution in [0, 0.1) is 6.92 Å². The maximum Gasteiger partial charge on any atom is 0.260 e. The van der Waals surface area contributed by atoms with Gasteiger partial charge in [0.25, 0.3) is 5.56 Å². The standard InChI is InChI=1S/C30H31ClN8O2/c1-5-39-27-20(14-24(28(39)40)23-11-6-19(15-25(23)31)26-34-18(2)41-37-26)16-32-29(36-27)35-21-7-9-22(10-8-21)38-13-12-33-30(3,4)17-38/h6-11,14-16,33H,5,12-13,17H2,1-4H3,(H,32,35,36). The van der Waals surface area contributed by atoms with Crippen LogP contribution in [0.15, 0.2) is 64.0 Å². The minimum atomic E-state index is -0.182. The SMILES string of the molecule is CCn1c(=O)c(-c2ccc(-c3noc(C)n3)cc2Cl)cc2cnc(Nc3ccc(N4CCNC(C)(C)C4)cc3)nc21. The first kappa shape index (κ1) is 26.9. The van der Waals surface area contributed by atoms with Gasteiger partial charge in [0.05, 0.1) is 0 Å². The van der Waals surface area contributed by atoms with Crippen LogP contribution >= 0.6 is 11.6 Å². The molecule has 0 spiro atoms. The lowest BCUT2D eigenvalue weighted by Crippen LogP contribution is -2.57. The molecule has 3 aromatic heterocycles. The molecule has 1 fully saturated rings. The fourth-order valence-corrected chi connectivity index (χ4v) is 5.52. The molecule has 2 aromatic carbocycles. The monoisotopic (exact) mass is 570 g/mol. The Labute approximate surface area is 242 Å². The first-order chi connectivity index (χ1) is 19.7. The second kappa shape index (κ2) is 10.6. The van der Waals surface area contributed by atoms with Crippen LogP contribution in [0.3, 0.4) is 0 Å². The molecule has 0 atom stereocenters. The van der Waals surface area contributed by atoms with E-state index in [0.717, 1.165) is 30.7 Å². The van der Waals surface area contributed by atoms with Crippen LogP contribution in [0.4, 0.5) is 17.3 Å². The van der Waals surface area contributed by atoms with Gasteiger partial charge in [0.2, 0.25) is 17.7 Å². The van der Waals surface area contributed by atoms with Crippen LogP contribution in [0.5, 0.6) is 0 Å². The summed E-state index contributed by atoms with van der Waals surface area (Å²) in [5.41, 5.74) is 4.27. The van der Waals surface area contributed by atoms with Crippen molar-refractivity contribution in [3.05, 3.63) is 76.0 Å². The molecule has 0 radical (unpaired) electrons. The molecule has 0 saturated carbocycles. The highest BCUT2D eigenvalue weighted by Gasteiger charge is 2.25. The summed E-state index contributed by atoms with van der Waals surface area (Å²) in [4.78, 5) is 29.5. The van der Waals surface area contributed by atoms with Crippen molar-refractivity contribution >= 4 is 40.0 Å². The van der Waals surface area contributed by atoms with Crippen molar-refractivity contribution in [1.29, 1.82) is 0 Å². The molecule has 1 aliphatic rings. The number of nitrogens with zero attached hydrogens (tertiary/aromatic N) is 6. The number of hydrogen-bond acceptors (Lipinski definition) is 9. The smallest absolute Gasteiger partial charge is 0.260 e. The number of fused-ring (bicyclic) bond motifs is 1. The first-order valence-electron chi connectivity index (χ1n) is 13.6. The fourth-order valence-electron chi connectivity index (χ4n) is 5.24. The van der Waals surface area contributed by atoms with Gasteiger partial charge >= 0.3 is 0 Å². The Bertz CT molecular complexity index is 1800. The quantitative estimate of drug-likeness (QED) is 0.276. The largest absolute Gasteiger partial charge is 0.368 e. The average Bonchev–Trinajstić information content (AvgIpc) is 3.39. The van der Waals surface area contributed by atoms with Gasteiger partial charge in [-0.1, -0.05) is 28.9 Å². The lowest BCUT2D eigenvalue weighted by atomic mass is 10.0. The zero-order valence-electron chi connectivity index (χ0n) is 23.4. The molecule has 1 aliphatic heterocycles. The number of pyridine rings is 1. The van der Waals surface area contributed by atoms with Crippen LogP contribution in [-0.2, 0) is 6.54 Å². The number of aryl methyl sites for hydroxylation is 2. The molecule has 5 aromatic rings. The van der Waals surface area contributed by atoms with Crippen molar-refractivity contribution in [2.75, 3.05) is 29.9 Å². The van der Waals surface area contributed by atoms with E-state index in [1.165, 1.54) is 5.69 Å². The van der Waals surface area contributed by atoms with E-state index in [0.29, 0.717) is 51.6 Å². The van der Waals surface area contributed by atoms with E-state index >= 15 is 0 Å². The summed E-state index contributed by atoms with van der Waals surface area (Å²) in [5.74, 6) is 1.32. The van der Waals surface area contributed by atoms with Gasteiger partial charge < -0.3 is 20.1 Å². The Morgan fingerprint density at radius 1 is 1.10 bits per heavy atom. The molecule has 4 heterocycles. The van der Waals surface area contributed by atoms with Crippen LogP contribution in [0.2, 0.25) is 5.02 Å².